The van der Waals surface area contributed by atoms with Crippen LogP contribution in [0.2, 0.25) is 18.1 Å². The fourth-order valence-corrected chi connectivity index (χ4v) is 7.23. The van der Waals surface area contributed by atoms with Gasteiger partial charge in [0.25, 0.3) is 5.91 Å². The summed E-state index contributed by atoms with van der Waals surface area (Å²) < 4.78 is 18.1. The first kappa shape index (κ1) is 41.7. The van der Waals surface area contributed by atoms with Gasteiger partial charge in [-0.2, -0.15) is 0 Å². The van der Waals surface area contributed by atoms with Crippen molar-refractivity contribution in [2.75, 3.05) is 13.7 Å². The van der Waals surface area contributed by atoms with E-state index in [1.165, 1.54) is 5.01 Å². The van der Waals surface area contributed by atoms with Crippen LogP contribution in [0.15, 0.2) is 54.6 Å². The smallest absolute Gasteiger partial charge is 0.325 e. The van der Waals surface area contributed by atoms with Crippen molar-refractivity contribution in [1.29, 1.82) is 0 Å². The minimum Gasteiger partial charge on any atom is -0.543 e. The highest BCUT2D eigenvalue weighted by Crippen LogP contribution is 2.37. The summed E-state index contributed by atoms with van der Waals surface area (Å²) >= 11 is 0. The van der Waals surface area contributed by atoms with Crippen LogP contribution in [0.1, 0.15) is 96.4 Å². The molecule has 5 unspecified atom stereocenters. The van der Waals surface area contributed by atoms with E-state index >= 15 is 0 Å². The number of cyclic esters (lactones) is 1. The zero-order chi connectivity index (χ0) is 38.9. The standard InChI is InChI=1S/C41H60N4O7Si/c1-27(2)37-38(47)42-35(25-30-17-13-20-33(24-30)52-53(8,9)41(4,5)6)39(48)45-22-14-21-34(44-45)40(49)51-28(3)31-18-12-16-29(23-31)15-10-11-19-32(50-7)26-36(46)43-37/h10,12-13,15-18,20,23-24,27-28,32,34-35,37,44H,11,14,19,21-22,25-26H2,1-9H3,(H,42,47)(H,43,46). The molecule has 4 bridgehead atoms. The fraction of sp³-hybridized carbons (Fsp3) is 0.561. The van der Waals surface area contributed by atoms with Gasteiger partial charge in [0.2, 0.25) is 20.1 Å². The monoisotopic (exact) mass is 748 g/mol. The maximum Gasteiger partial charge on any atom is 0.325 e. The molecule has 3 N–H and O–H groups in total. The molecule has 2 heterocycles. The number of nitrogens with zero attached hydrogens (tertiary/aromatic N) is 1. The Morgan fingerprint density at radius 1 is 1.00 bits per heavy atom. The average molecular weight is 749 g/mol. The van der Waals surface area contributed by atoms with Crippen molar-refractivity contribution in [3.05, 3.63) is 71.3 Å². The van der Waals surface area contributed by atoms with E-state index in [0.29, 0.717) is 38.0 Å². The molecular formula is C41H60N4O7Si. The number of allylic oxidation sites excluding steroid dienone is 1. The van der Waals surface area contributed by atoms with Crippen LogP contribution in [0.3, 0.4) is 0 Å². The van der Waals surface area contributed by atoms with Gasteiger partial charge in [0.15, 0.2) is 0 Å². The Balaban J connectivity index is 1.66. The molecule has 12 heteroatoms. The largest absolute Gasteiger partial charge is 0.543 e. The van der Waals surface area contributed by atoms with Gasteiger partial charge in [-0.25, -0.2) is 5.43 Å². The number of esters is 1. The number of ether oxygens (including phenoxy) is 2. The van der Waals surface area contributed by atoms with Gasteiger partial charge in [-0.15, -0.1) is 0 Å². The van der Waals surface area contributed by atoms with Gasteiger partial charge in [0.1, 0.15) is 30.0 Å². The summed E-state index contributed by atoms with van der Waals surface area (Å²) in [6.07, 6.45) is 5.74. The molecular weight excluding hydrogens is 689 g/mol. The highest BCUT2D eigenvalue weighted by Gasteiger charge is 2.39. The normalized spacial score (nSPS) is 24.4. The Hall–Kier alpha value is -4.00. The average Bonchev–Trinajstić information content (AvgIpc) is 3.10. The van der Waals surface area contributed by atoms with Crippen LogP contribution in [-0.2, 0) is 35.1 Å². The number of carbonyl (C=O) groups excluding carboxylic acids is 4. The lowest BCUT2D eigenvalue weighted by atomic mass is 10.00. The molecule has 0 aromatic heterocycles. The van der Waals surface area contributed by atoms with Crippen molar-refractivity contribution >= 4 is 38.1 Å². The van der Waals surface area contributed by atoms with Crippen LogP contribution >= 0.6 is 0 Å². The van der Waals surface area contributed by atoms with Crippen LogP contribution in [0.25, 0.3) is 6.08 Å². The lowest BCUT2D eigenvalue weighted by Gasteiger charge is -2.37. The van der Waals surface area contributed by atoms with Gasteiger partial charge < -0.3 is 24.5 Å². The van der Waals surface area contributed by atoms with E-state index in [4.69, 9.17) is 13.9 Å². The van der Waals surface area contributed by atoms with Gasteiger partial charge in [0, 0.05) is 20.1 Å². The molecule has 2 aromatic carbocycles. The molecule has 0 saturated carbocycles. The quantitative estimate of drug-likeness (QED) is 0.233. The Bertz CT molecular complexity index is 1620. The third kappa shape index (κ3) is 11.7. The zero-order valence-electron chi connectivity index (χ0n) is 33.0. The summed E-state index contributed by atoms with van der Waals surface area (Å²) in [7, 11) is -0.574. The zero-order valence-corrected chi connectivity index (χ0v) is 34.0. The van der Waals surface area contributed by atoms with Crippen molar-refractivity contribution < 1.29 is 33.1 Å². The Kier molecular flexibility index (Phi) is 14.5. The second-order valence-electron chi connectivity index (χ2n) is 16.2. The lowest BCUT2D eigenvalue weighted by Crippen LogP contribution is -2.62. The first-order chi connectivity index (χ1) is 25.0. The maximum atomic E-state index is 14.4. The molecule has 4 rings (SSSR count). The summed E-state index contributed by atoms with van der Waals surface area (Å²) in [5.41, 5.74) is 5.71. The molecule has 3 amide bonds. The van der Waals surface area contributed by atoms with Gasteiger partial charge in [-0.05, 0) is 91.5 Å². The second kappa shape index (κ2) is 18.4. The molecule has 2 aliphatic rings. The molecule has 11 nitrogen and oxygen atoms in total. The third-order valence-corrected chi connectivity index (χ3v) is 14.9. The molecule has 1 fully saturated rings. The van der Waals surface area contributed by atoms with Gasteiger partial charge >= 0.3 is 5.97 Å². The van der Waals surface area contributed by atoms with Crippen LogP contribution < -0.4 is 20.5 Å². The number of benzene rings is 2. The van der Waals surface area contributed by atoms with Gasteiger partial charge in [-0.1, -0.05) is 77.1 Å². The Morgan fingerprint density at radius 2 is 1.74 bits per heavy atom. The predicted octanol–water partition coefficient (Wildman–Crippen LogP) is 6.25. The number of carbonyl (C=O) groups is 4. The van der Waals surface area contributed by atoms with Crippen LogP contribution in [-0.4, -0.2) is 74.9 Å². The number of hydrazine groups is 1. The first-order valence-corrected chi connectivity index (χ1v) is 21.8. The summed E-state index contributed by atoms with van der Waals surface area (Å²) in [4.78, 5) is 55.2. The van der Waals surface area contributed by atoms with Gasteiger partial charge in [0.05, 0.1) is 12.5 Å². The Labute approximate surface area is 316 Å². The number of nitrogens with one attached hydrogen (secondary N) is 3. The van der Waals surface area contributed by atoms with Crippen LogP contribution in [0.4, 0.5) is 0 Å². The van der Waals surface area contributed by atoms with Crippen LogP contribution in [0.5, 0.6) is 5.75 Å². The van der Waals surface area contributed by atoms with E-state index < -0.39 is 50.3 Å². The SMILES string of the molecule is COC1CCC=Cc2cccc(c2)C(C)OC(=O)C2CCCN(N2)C(=O)C(Cc2cccc(O[Si](C)(C)C(C)(C)C)c2)NC(=O)C(C(C)C)NC(=O)C1. The molecule has 1 saturated heterocycles. The van der Waals surface area contributed by atoms with Crippen molar-refractivity contribution in [2.45, 2.75) is 129 Å². The first-order valence-electron chi connectivity index (χ1n) is 18.9. The number of rotatable bonds is 6. The maximum absolute atomic E-state index is 14.4. The predicted molar refractivity (Wildman–Crippen MR) is 209 cm³/mol. The van der Waals surface area contributed by atoms with E-state index in [-0.39, 0.29) is 35.8 Å². The number of amides is 3. The second-order valence-corrected chi connectivity index (χ2v) is 20.9. The number of hydrogen-bond acceptors (Lipinski definition) is 8. The third-order valence-electron chi connectivity index (χ3n) is 10.5. The van der Waals surface area contributed by atoms with Gasteiger partial charge in [-0.3, -0.25) is 24.2 Å². The minimum absolute atomic E-state index is 0.0129. The summed E-state index contributed by atoms with van der Waals surface area (Å²) in [5.74, 6) is -1.19. The fourth-order valence-electron chi connectivity index (χ4n) is 6.20. The lowest BCUT2D eigenvalue weighted by molar-refractivity contribution is -0.157. The molecule has 2 aromatic rings. The summed E-state index contributed by atoms with van der Waals surface area (Å²) in [6.45, 7) is 16.8. The summed E-state index contributed by atoms with van der Waals surface area (Å²) in [6, 6.07) is 12.8. The molecule has 5 atom stereocenters. The summed E-state index contributed by atoms with van der Waals surface area (Å²) in [5, 5.41) is 7.29. The molecule has 0 spiro atoms. The molecule has 53 heavy (non-hydrogen) atoms. The van der Waals surface area contributed by atoms with E-state index in [1.54, 1.807) is 7.11 Å². The van der Waals surface area contributed by atoms with Crippen molar-refractivity contribution in [3.8, 4) is 5.75 Å². The molecule has 290 valence electrons. The topological polar surface area (TPSA) is 135 Å². The number of methoxy groups -OCH3 is 1. The van der Waals surface area contributed by atoms with E-state index in [9.17, 15) is 19.2 Å². The highest BCUT2D eigenvalue weighted by atomic mass is 28.4. The molecule has 0 radical (unpaired) electrons. The van der Waals surface area contributed by atoms with E-state index in [0.717, 1.165) is 16.7 Å². The van der Waals surface area contributed by atoms with E-state index in [1.807, 2.05) is 81.5 Å². The molecule has 2 aliphatic heterocycles. The van der Waals surface area contributed by atoms with Crippen molar-refractivity contribution in [2.24, 2.45) is 5.92 Å². The van der Waals surface area contributed by atoms with E-state index in [2.05, 4.69) is 49.9 Å². The van der Waals surface area contributed by atoms with Crippen molar-refractivity contribution in [3.63, 3.8) is 0 Å². The Morgan fingerprint density at radius 3 is 2.43 bits per heavy atom. The number of hydrogen-bond donors (Lipinski definition) is 3. The minimum atomic E-state index is -2.15. The molecule has 0 aliphatic carbocycles. The highest BCUT2D eigenvalue weighted by molar-refractivity contribution is 6.74. The van der Waals surface area contributed by atoms with Crippen LogP contribution in [0, 0.1) is 5.92 Å². The van der Waals surface area contributed by atoms with Crippen molar-refractivity contribution in [1.82, 2.24) is 21.1 Å². The number of fused-ring (bicyclic) bond motifs is 4.